The molecule has 1 atom stereocenters. The van der Waals surface area contributed by atoms with Gasteiger partial charge < -0.3 is 10.4 Å². The van der Waals surface area contributed by atoms with Gasteiger partial charge in [0.15, 0.2) is 0 Å². The van der Waals surface area contributed by atoms with Crippen molar-refractivity contribution in [2.45, 2.75) is 31.7 Å². The Hall–Kier alpha value is -0.580. The molecule has 1 saturated carbocycles. The van der Waals surface area contributed by atoms with Crippen LogP contribution in [0.4, 0.5) is 0 Å². The summed E-state index contributed by atoms with van der Waals surface area (Å²) in [5, 5.41) is 13.8. The molecule has 1 heterocycles. The van der Waals surface area contributed by atoms with E-state index >= 15 is 0 Å². The second-order valence-electron chi connectivity index (χ2n) is 5.98. The average molecular weight is 339 g/mol. The van der Waals surface area contributed by atoms with E-state index in [1.807, 2.05) is 12.1 Å². The Morgan fingerprint density at radius 1 is 1.20 bits per heavy atom. The van der Waals surface area contributed by atoms with Gasteiger partial charge in [0.05, 0.1) is 0 Å². The predicted octanol–water partition coefficient (Wildman–Crippen LogP) is 3.29. The van der Waals surface area contributed by atoms with E-state index in [2.05, 4.69) is 32.2 Å². The van der Waals surface area contributed by atoms with Gasteiger partial charge in [0.1, 0.15) is 5.75 Å². The van der Waals surface area contributed by atoms with E-state index in [0.29, 0.717) is 17.7 Å². The molecule has 1 aliphatic heterocycles. The minimum Gasteiger partial charge on any atom is -0.508 e. The minimum atomic E-state index is 0.372. The van der Waals surface area contributed by atoms with Gasteiger partial charge in [-0.2, -0.15) is 0 Å². The van der Waals surface area contributed by atoms with Crippen molar-refractivity contribution in [3.05, 3.63) is 28.2 Å². The largest absolute Gasteiger partial charge is 0.508 e. The topological polar surface area (TPSA) is 35.5 Å². The molecule has 0 radical (unpaired) electrons. The first kappa shape index (κ1) is 14.4. The van der Waals surface area contributed by atoms with Crippen LogP contribution in [0.1, 0.15) is 37.3 Å². The molecule has 0 aromatic heterocycles. The molecule has 0 bridgehead atoms. The van der Waals surface area contributed by atoms with Crippen LogP contribution >= 0.6 is 15.9 Å². The summed E-state index contributed by atoms with van der Waals surface area (Å²) >= 11 is 3.56. The number of hydrogen-bond acceptors (Lipinski definition) is 3. The van der Waals surface area contributed by atoms with Gasteiger partial charge in [0, 0.05) is 42.3 Å². The molecule has 1 aliphatic carbocycles. The van der Waals surface area contributed by atoms with Gasteiger partial charge >= 0.3 is 0 Å². The zero-order valence-corrected chi connectivity index (χ0v) is 13.4. The summed E-state index contributed by atoms with van der Waals surface area (Å²) in [5.41, 5.74) is 1.10. The van der Waals surface area contributed by atoms with Gasteiger partial charge in [-0.3, -0.25) is 4.90 Å². The van der Waals surface area contributed by atoms with Gasteiger partial charge in [-0.05, 0) is 37.0 Å². The van der Waals surface area contributed by atoms with Crippen molar-refractivity contribution in [1.29, 1.82) is 0 Å². The Morgan fingerprint density at radius 3 is 2.60 bits per heavy atom. The molecule has 1 aromatic rings. The van der Waals surface area contributed by atoms with Crippen molar-refractivity contribution < 1.29 is 5.11 Å². The molecule has 2 aliphatic rings. The van der Waals surface area contributed by atoms with Crippen molar-refractivity contribution in [3.63, 3.8) is 0 Å². The fraction of sp³-hybridized carbons (Fsp3) is 0.625. The second-order valence-corrected chi connectivity index (χ2v) is 6.89. The van der Waals surface area contributed by atoms with Crippen molar-refractivity contribution in [2.75, 3.05) is 26.2 Å². The van der Waals surface area contributed by atoms with Crippen LogP contribution in [0.15, 0.2) is 22.7 Å². The molecular weight excluding hydrogens is 316 g/mol. The molecule has 1 aromatic carbocycles. The Morgan fingerprint density at radius 2 is 1.90 bits per heavy atom. The van der Waals surface area contributed by atoms with Crippen molar-refractivity contribution in [3.8, 4) is 5.75 Å². The lowest BCUT2D eigenvalue weighted by Gasteiger charge is -2.39. The quantitative estimate of drug-likeness (QED) is 0.887. The van der Waals surface area contributed by atoms with Gasteiger partial charge in [-0.15, -0.1) is 0 Å². The lowest BCUT2D eigenvalue weighted by atomic mass is 9.89. The summed E-state index contributed by atoms with van der Waals surface area (Å²) in [6.07, 6.45) is 5.26. The summed E-state index contributed by atoms with van der Waals surface area (Å²) in [6, 6.07) is 6.23. The maximum atomic E-state index is 10.3. The first-order valence-electron chi connectivity index (χ1n) is 7.69. The highest BCUT2D eigenvalue weighted by molar-refractivity contribution is 9.10. The highest BCUT2D eigenvalue weighted by atomic mass is 79.9. The summed E-state index contributed by atoms with van der Waals surface area (Å²) in [5.74, 6) is 1.14. The van der Waals surface area contributed by atoms with Crippen LogP contribution in [-0.2, 0) is 0 Å². The van der Waals surface area contributed by atoms with Crippen LogP contribution in [0, 0.1) is 5.92 Å². The summed E-state index contributed by atoms with van der Waals surface area (Å²) in [4.78, 5) is 2.56. The number of rotatable bonds is 3. The lowest BCUT2D eigenvalue weighted by molar-refractivity contribution is 0.123. The number of aromatic hydroxyl groups is 1. The van der Waals surface area contributed by atoms with Crippen LogP contribution in [0.25, 0.3) is 0 Å². The van der Waals surface area contributed by atoms with Gasteiger partial charge in [0.25, 0.3) is 0 Å². The van der Waals surface area contributed by atoms with Crippen molar-refractivity contribution in [1.82, 2.24) is 10.2 Å². The highest BCUT2D eigenvalue weighted by Crippen LogP contribution is 2.43. The van der Waals surface area contributed by atoms with E-state index in [4.69, 9.17) is 0 Å². The molecule has 20 heavy (non-hydrogen) atoms. The van der Waals surface area contributed by atoms with Gasteiger partial charge in [-0.25, -0.2) is 0 Å². The molecule has 0 spiro atoms. The number of piperazine rings is 1. The van der Waals surface area contributed by atoms with Crippen LogP contribution in [-0.4, -0.2) is 36.2 Å². The monoisotopic (exact) mass is 338 g/mol. The number of phenols is 1. The molecule has 110 valence electrons. The summed E-state index contributed by atoms with van der Waals surface area (Å²) in [6.45, 7) is 4.26. The van der Waals surface area contributed by atoms with E-state index in [9.17, 15) is 5.11 Å². The molecule has 3 nitrogen and oxygen atoms in total. The smallest absolute Gasteiger partial charge is 0.120 e. The Kier molecular flexibility index (Phi) is 4.64. The van der Waals surface area contributed by atoms with E-state index in [0.717, 1.165) is 36.2 Å². The van der Waals surface area contributed by atoms with E-state index in [1.165, 1.54) is 25.7 Å². The van der Waals surface area contributed by atoms with Crippen molar-refractivity contribution >= 4 is 15.9 Å². The molecule has 1 saturated heterocycles. The molecule has 2 fully saturated rings. The van der Waals surface area contributed by atoms with Gasteiger partial charge in [-0.1, -0.05) is 28.8 Å². The van der Waals surface area contributed by atoms with E-state index in [-0.39, 0.29) is 0 Å². The second kappa shape index (κ2) is 6.46. The van der Waals surface area contributed by atoms with Crippen LogP contribution < -0.4 is 5.32 Å². The zero-order chi connectivity index (χ0) is 13.9. The number of halogens is 1. The average Bonchev–Trinajstić information content (AvgIpc) is 2.98. The molecule has 0 amide bonds. The number of benzene rings is 1. The number of phenolic OH excluding ortho intramolecular Hbond substituents is 1. The maximum absolute atomic E-state index is 10.3. The van der Waals surface area contributed by atoms with E-state index in [1.54, 1.807) is 0 Å². The Balaban J connectivity index is 1.92. The fourth-order valence-corrected chi connectivity index (χ4v) is 4.12. The third-order valence-electron chi connectivity index (χ3n) is 4.70. The summed E-state index contributed by atoms with van der Waals surface area (Å²) in [7, 11) is 0. The highest BCUT2D eigenvalue weighted by Gasteiger charge is 2.33. The maximum Gasteiger partial charge on any atom is 0.120 e. The predicted molar refractivity (Wildman–Crippen MR) is 84.9 cm³/mol. The third kappa shape index (κ3) is 3.02. The SMILES string of the molecule is Oc1ccc(Br)cc1[C@H](C1CCCC1)N1CCNCC1. The molecular formula is C16H23BrN2O. The van der Waals surface area contributed by atoms with Gasteiger partial charge in [0.2, 0.25) is 0 Å². The minimum absolute atomic E-state index is 0.372. The van der Waals surface area contributed by atoms with E-state index < -0.39 is 0 Å². The molecule has 3 rings (SSSR count). The first-order chi connectivity index (χ1) is 9.75. The first-order valence-corrected chi connectivity index (χ1v) is 8.48. The molecule has 4 heteroatoms. The zero-order valence-electron chi connectivity index (χ0n) is 11.8. The standard InChI is InChI=1S/C16H23BrN2O/c17-13-5-6-15(20)14(11-13)16(12-3-1-2-4-12)19-9-7-18-8-10-19/h5-6,11-12,16,18,20H,1-4,7-10H2/t16-/m0/s1. The Bertz CT molecular complexity index is 454. The Labute approximate surface area is 129 Å². The third-order valence-corrected chi connectivity index (χ3v) is 5.19. The normalized spacial score (nSPS) is 23.1. The van der Waals surface area contributed by atoms with Crippen LogP contribution in [0.2, 0.25) is 0 Å². The van der Waals surface area contributed by atoms with Crippen LogP contribution in [0.5, 0.6) is 5.75 Å². The fourth-order valence-electron chi connectivity index (χ4n) is 3.74. The number of nitrogens with one attached hydrogen (secondary N) is 1. The number of hydrogen-bond donors (Lipinski definition) is 2. The van der Waals surface area contributed by atoms with Crippen molar-refractivity contribution in [2.24, 2.45) is 5.92 Å². The van der Waals surface area contributed by atoms with Crippen LogP contribution in [0.3, 0.4) is 0 Å². The number of nitrogens with zero attached hydrogens (tertiary/aromatic N) is 1. The molecule has 2 N–H and O–H groups in total. The molecule has 0 unspecified atom stereocenters. The summed E-state index contributed by atoms with van der Waals surface area (Å²) < 4.78 is 1.06. The lowest BCUT2D eigenvalue weighted by Crippen LogP contribution is -2.46.